The number of imidazole rings is 1. The van der Waals surface area contributed by atoms with Crippen LogP contribution in [0, 0.1) is 0 Å². The number of H-pyrrole nitrogens is 1. The molecule has 0 radical (unpaired) electrons. The van der Waals surface area contributed by atoms with Gasteiger partial charge < -0.3 is 14.3 Å². The van der Waals surface area contributed by atoms with Gasteiger partial charge in [-0.15, -0.1) is 0 Å². The Hall–Kier alpha value is -1.60. The number of methoxy groups -OCH3 is 1. The second-order valence-corrected chi connectivity index (χ2v) is 6.28. The van der Waals surface area contributed by atoms with Crippen LogP contribution in [0.4, 0.5) is 0 Å². The molecule has 118 valence electrons. The van der Waals surface area contributed by atoms with E-state index in [1.807, 2.05) is 4.57 Å². The van der Waals surface area contributed by atoms with E-state index in [1.54, 1.807) is 25.2 Å². The zero-order chi connectivity index (χ0) is 15.5. The van der Waals surface area contributed by atoms with Crippen LogP contribution in [-0.4, -0.2) is 26.6 Å². The Morgan fingerprint density at radius 1 is 1.45 bits per heavy atom. The molecule has 0 atom stereocenters. The molecular formula is C15H20N4O2S. The Kier molecular flexibility index (Phi) is 4.63. The second kappa shape index (κ2) is 6.66. The Labute approximate surface area is 133 Å². The molecule has 1 aliphatic carbocycles. The molecule has 0 amide bonds. The standard InChI is InChI=1S/C15H20N4O2S/c1-3-11-13(19(8-16-11)9-21-2)7-22-15-17-12-6-4-5-10(12)14(20)18-15/h8H,3-7,9H2,1-2H3,(H,17,18,20). The van der Waals surface area contributed by atoms with Gasteiger partial charge in [0.1, 0.15) is 6.73 Å². The molecule has 0 unspecified atom stereocenters. The highest BCUT2D eigenvalue weighted by molar-refractivity contribution is 7.98. The number of aryl methyl sites for hydroxylation is 2. The first-order chi connectivity index (χ1) is 10.7. The Morgan fingerprint density at radius 2 is 2.32 bits per heavy atom. The van der Waals surface area contributed by atoms with Gasteiger partial charge in [0.2, 0.25) is 0 Å². The maximum Gasteiger partial charge on any atom is 0.254 e. The monoisotopic (exact) mass is 320 g/mol. The number of ether oxygens (including phenoxy) is 1. The van der Waals surface area contributed by atoms with Gasteiger partial charge in [0, 0.05) is 18.4 Å². The van der Waals surface area contributed by atoms with Crippen LogP contribution in [0.15, 0.2) is 16.3 Å². The number of hydrogen-bond donors (Lipinski definition) is 1. The van der Waals surface area contributed by atoms with E-state index >= 15 is 0 Å². The number of fused-ring (bicyclic) bond motifs is 1. The number of aromatic nitrogens is 4. The molecule has 0 saturated heterocycles. The summed E-state index contributed by atoms with van der Waals surface area (Å²) in [5, 5.41) is 0.692. The topological polar surface area (TPSA) is 72.8 Å². The molecule has 2 aromatic heterocycles. The molecule has 22 heavy (non-hydrogen) atoms. The summed E-state index contributed by atoms with van der Waals surface area (Å²) < 4.78 is 7.20. The average molecular weight is 320 g/mol. The summed E-state index contributed by atoms with van der Waals surface area (Å²) in [7, 11) is 1.67. The van der Waals surface area contributed by atoms with Gasteiger partial charge in [-0.25, -0.2) is 9.97 Å². The molecule has 0 bridgehead atoms. The summed E-state index contributed by atoms with van der Waals surface area (Å²) in [4.78, 5) is 23.9. The minimum absolute atomic E-state index is 0.0196. The third-order valence-corrected chi connectivity index (χ3v) is 4.79. The van der Waals surface area contributed by atoms with Gasteiger partial charge in [-0.3, -0.25) is 4.79 Å². The fourth-order valence-corrected chi connectivity index (χ4v) is 3.73. The molecule has 1 N–H and O–H groups in total. The van der Waals surface area contributed by atoms with E-state index in [4.69, 9.17) is 4.74 Å². The van der Waals surface area contributed by atoms with Gasteiger partial charge in [-0.05, 0) is 25.7 Å². The average Bonchev–Trinajstić information content (AvgIpc) is 3.12. The second-order valence-electron chi connectivity index (χ2n) is 5.32. The van der Waals surface area contributed by atoms with E-state index in [1.165, 1.54) is 0 Å². The lowest BCUT2D eigenvalue weighted by Gasteiger charge is -2.09. The Bertz CT molecular complexity index is 723. The highest BCUT2D eigenvalue weighted by Crippen LogP contribution is 2.24. The molecule has 7 heteroatoms. The first-order valence-electron chi connectivity index (χ1n) is 7.49. The molecule has 0 saturated carbocycles. The summed E-state index contributed by atoms with van der Waals surface area (Å²) in [5.74, 6) is 0.717. The van der Waals surface area contributed by atoms with Gasteiger partial charge in [0.25, 0.3) is 5.56 Å². The van der Waals surface area contributed by atoms with Crippen molar-refractivity contribution in [3.05, 3.63) is 39.3 Å². The van der Waals surface area contributed by atoms with E-state index in [2.05, 4.69) is 21.9 Å². The molecule has 0 aromatic carbocycles. The lowest BCUT2D eigenvalue weighted by molar-refractivity contribution is 0.129. The van der Waals surface area contributed by atoms with Crippen LogP contribution >= 0.6 is 11.8 Å². The molecule has 3 rings (SSSR count). The first kappa shape index (κ1) is 15.3. The third-order valence-electron chi connectivity index (χ3n) is 3.90. The van der Waals surface area contributed by atoms with Gasteiger partial charge in [0.05, 0.1) is 23.4 Å². The van der Waals surface area contributed by atoms with Gasteiger partial charge >= 0.3 is 0 Å². The van der Waals surface area contributed by atoms with Crippen molar-refractivity contribution in [3.8, 4) is 0 Å². The zero-order valence-corrected chi connectivity index (χ0v) is 13.7. The van der Waals surface area contributed by atoms with Crippen molar-refractivity contribution < 1.29 is 4.74 Å². The molecule has 0 fully saturated rings. The molecule has 0 spiro atoms. The predicted octanol–water partition coefficient (Wildman–Crippen LogP) is 1.91. The highest BCUT2D eigenvalue weighted by atomic mass is 32.2. The van der Waals surface area contributed by atoms with Crippen molar-refractivity contribution >= 4 is 11.8 Å². The third kappa shape index (κ3) is 2.96. The van der Waals surface area contributed by atoms with Gasteiger partial charge in [-0.1, -0.05) is 18.7 Å². The van der Waals surface area contributed by atoms with Crippen molar-refractivity contribution in [2.24, 2.45) is 0 Å². The van der Waals surface area contributed by atoms with Crippen LogP contribution in [0.25, 0.3) is 0 Å². The van der Waals surface area contributed by atoms with E-state index < -0.39 is 0 Å². The van der Waals surface area contributed by atoms with E-state index in [-0.39, 0.29) is 5.56 Å². The van der Waals surface area contributed by atoms with Crippen molar-refractivity contribution in [2.45, 2.75) is 50.2 Å². The summed E-state index contributed by atoms with van der Waals surface area (Å²) >= 11 is 1.54. The SMILES string of the molecule is CCc1ncn(COC)c1CSc1nc2c(c(=O)[nH]1)CCC2. The number of hydrogen-bond acceptors (Lipinski definition) is 5. The smallest absolute Gasteiger partial charge is 0.254 e. The summed E-state index contributed by atoms with van der Waals surface area (Å²) in [6.07, 6.45) is 5.47. The summed E-state index contributed by atoms with van der Waals surface area (Å²) in [6.45, 7) is 2.57. The molecule has 6 nitrogen and oxygen atoms in total. The quantitative estimate of drug-likeness (QED) is 0.650. The fraction of sp³-hybridized carbons (Fsp3) is 0.533. The lowest BCUT2D eigenvalue weighted by Crippen LogP contribution is -2.15. The van der Waals surface area contributed by atoms with E-state index in [0.717, 1.165) is 48.3 Å². The van der Waals surface area contributed by atoms with Crippen LogP contribution in [0.1, 0.15) is 36.0 Å². The number of rotatable bonds is 6. The number of aromatic amines is 1. The maximum absolute atomic E-state index is 12.0. The van der Waals surface area contributed by atoms with Crippen molar-refractivity contribution in [3.63, 3.8) is 0 Å². The Balaban J connectivity index is 1.79. The van der Waals surface area contributed by atoms with Crippen molar-refractivity contribution in [2.75, 3.05) is 7.11 Å². The normalized spacial score (nSPS) is 13.5. The molecular weight excluding hydrogens is 300 g/mol. The number of nitrogens with one attached hydrogen (secondary N) is 1. The van der Waals surface area contributed by atoms with Crippen LogP contribution in [0.5, 0.6) is 0 Å². The van der Waals surface area contributed by atoms with Crippen LogP contribution in [0.2, 0.25) is 0 Å². The van der Waals surface area contributed by atoms with E-state index in [9.17, 15) is 4.79 Å². The molecule has 2 aromatic rings. The fourth-order valence-electron chi connectivity index (χ4n) is 2.79. The number of thioether (sulfide) groups is 1. The van der Waals surface area contributed by atoms with E-state index in [0.29, 0.717) is 17.6 Å². The predicted molar refractivity (Wildman–Crippen MR) is 85.1 cm³/mol. The van der Waals surface area contributed by atoms with Crippen LogP contribution in [-0.2, 0) is 36.5 Å². The van der Waals surface area contributed by atoms with Gasteiger partial charge in [-0.2, -0.15) is 0 Å². The minimum Gasteiger partial charge on any atom is -0.364 e. The Morgan fingerprint density at radius 3 is 3.09 bits per heavy atom. The van der Waals surface area contributed by atoms with Gasteiger partial charge in [0.15, 0.2) is 5.16 Å². The maximum atomic E-state index is 12.0. The van der Waals surface area contributed by atoms with Crippen LogP contribution in [0.3, 0.4) is 0 Å². The molecule has 1 aliphatic rings. The number of nitrogens with zero attached hydrogens (tertiary/aromatic N) is 3. The summed E-state index contributed by atoms with van der Waals surface area (Å²) in [5.41, 5.74) is 4.03. The minimum atomic E-state index is 0.0196. The lowest BCUT2D eigenvalue weighted by atomic mass is 10.3. The van der Waals surface area contributed by atoms with Crippen molar-refractivity contribution in [1.29, 1.82) is 0 Å². The molecule has 2 heterocycles. The zero-order valence-electron chi connectivity index (χ0n) is 12.9. The summed E-state index contributed by atoms with van der Waals surface area (Å²) in [6, 6.07) is 0. The van der Waals surface area contributed by atoms with Crippen LogP contribution < -0.4 is 5.56 Å². The molecule has 0 aliphatic heterocycles. The first-order valence-corrected chi connectivity index (χ1v) is 8.48. The largest absolute Gasteiger partial charge is 0.364 e. The van der Waals surface area contributed by atoms with Crippen molar-refractivity contribution in [1.82, 2.24) is 19.5 Å². The highest BCUT2D eigenvalue weighted by Gasteiger charge is 2.18.